The molecule has 7 heteroatoms. The molecule has 0 bridgehead atoms. The zero-order valence-electron chi connectivity index (χ0n) is 6.91. The number of β-amino-alcohol motifs (C(OH)–C–C–N with tert-alkyl or cyclic N) is 2. The smallest absolute Gasteiger partial charge is 0.0930 e. The summed E-state index contributed by atoms with van der Waals surface area (Å²) in [4.78, 5) is 2.50. The van der Waals surface area contributed by atoms with E-state index in [9.17, 15) is 15.3 Å². The zero-order chi connectivity index (χ0) is 9.84. The van der Waals surface area contributed by atoms with Crippen LogP contribution in [0.15, 0.2) is 5.11 Å². The highest BCUT2D eigenvalue weighted by Crippen LogP contribution is 2.11. The van der Waals surface area contributed by atoms with Gasteiger partial charge in [-0.15, -0.1) is 0 Å². The maximum absolute atomic E-state index is 9.40. The van der Waals surface area contributed by atoms with Gasteiger partial charge in [-0.1, -0.05) is 5.11 Å². The van der Waals surface area contributed by atoms with Crippen LogP contribution in [0.3, 0.4) is 0 Å². The second-order valence-corrected chi connectivity index (χ2v) is 2.98. The quantitative estimate of drug-likeness (QED) is 0.224. The standard InChI is InChI=1S/C6H12N4O3/c7-10-9-5-3(11)1-8-2-4(12)6(5)13/h3-6,8,11-13H,1-2H2/t3-,4-,5+,6+/m1/s1. The Labute approximate surface area is 74.6 Å². The van der Waals surface area contributed by atoms with E-state index in [0.717, 1.165) is 0 Å². The van der Waals surface area contributed by atoms with Crippen molar-refractivity contribution in [3.63, 3.8) is 0 Å². The van der Waals surface area contributed by atoms with Gasteiger partial charge in [-0.2, -0.15) is 0 Å². The van der Waals surface area contributed by atoms with Crippen molar-refractivity contribution in [1.82, 2.24) is 5.32 Å². The Balaban J connectivity index is 2.77. The van der Waals surface area contributed by atoms with Crippen molar-refractivity contribution >= 4 is 0 Å². The number of nitrogens with zero attached hydrogens (tertiary/aromatic N) is 3. The van der Waals surface area contributed by atoms with Crippen molar-refractivity contribution in [1.29, 1.82) is 0 Å². The maximum atomic E-state index is 9.40. The van der Waals surface area contributed by atoms with Gasteiger partial charge in [0.25, 0.3) is 0 Å². The first-order valence-corrected chi connectivity index (χ1v) is 3.96. The average Bonchev–Trinajstić information content (AvgIpc) is 2.21. The van der Waals surface area contributed by atoms with Gasteiger partial charge >= 0.3 is 0 Å². The second-order valence-electron chi connectivity index (χ2n) is 2.98. The van der Waals surface area contributed by atoms with Gasteiger partial charge in [-0.25, -0.2) is 0 Å². The van der Waals surface area contributed by atoms with E-state index >= 15 is 0 Å². The van der Waals surface area contributed by atoms with E-state index in [0.29, 0.717) is 0 Å². The molecule has 0 amide bonds. The third kappa shape index (κ3) is 2.30. The van der Waals surface area contributed by atoms with Gasteiger partial charge in [-0.3, -0.25) is 0 Å². The van der Waals surface area contributed by atoms with Gasteiger partial charge < -0.3 is 20.6 Å². The van der Waals surface area contributed by atoms with E-state index in [1.54, 1.807) is 0 Å². The Hall–Kier alpha value is -0.850. The van der Waals surface area contributed by atoms with Crippen LogP contribution < -0.4 is 5.32 Å². The summed E-state index contributed by atoms with van der Waals surface area (Å²) in [7, 11) is 0. The molecular weight excluding hydrogens is 176 g/mol. The molecule has 0 aromatic heterocycles. The molecule has 1 rings (SSSR count). The SMILES string of the molecule is [N-]=[N+]=N[C@@H]1[C@@H](O)[C@H](O)CNC[C@H]1O. The van der Waals surface area contributed by atoms with E-state index in [1.165, 1.54) is 0 Å². The molecule has 74 valence electrons. The summed E-state index contributed by atoms with van der Waals surface area (Å²) in [6.45, 7) is 0.369. The van der Waals surface area contributed by atoms with E-state index in [4.69, 9.17) is 5.53 Å². The number of hydrogen-bond donors (Lipinski definition) is 4. The lowest BCUT2D eigenvalue weighted by Gasteiger charge is -2.21. The van der Waals surface area contributed by atoms with Gasteiger partial charge in [0.15, 0.2) is 0 Å². The highest BCUT2D eigenvalue weighted by atomic mass is 16.3. The summed E-state index contributed by atoms with van der Waals surface area (Å²) >= 11 is 0. The topological polar surface area (TPSA) is 121 Å². The van der Waals surface area contributed by atoms with E-state index in [2.05, 4.69) is 15.3 Å². The lowest BCUT2D eigenvalue weighted by atomic mass is 10.0. The predicted octanol–water partition coefficient (Wildman–Crippen LogP) is -1.65. The molecule has 1 aliphatic rings. The van der Waals surface area contributed by atoms with Crippen LogP contribution in [0.1, 0.15) is 0 Å². The third-order valence-electron chi connectivity index (χ3n) is 2.03. The lowest BCUT2D eigenvalue weighted by Crippen LogP contribution is -2.42. The molecule has 7 nitrogen and oxygen atoms in total. The van der Waals surface area contributed by atoms with Gasteiger partial charge in [0.05, 0.1) is 24.4 Å². The number of hydrogen-bond acceptors (Lipinski definition) is 5. The second kappa shape index (κ2) is 4.40. The van der Waals surface area contributed by atoms with Crippen LogP contribution in [0.4, 0.5) is 0 Å². The van der Waals surface area contributed by atoms with Crippen molar-refractivity contribution in [2.75, 3.05) is 13.1 Å². The fraction of sp³-hybridized carbons (Fsp3) is 1.00. The molecule has 1 fully saturated rings. The highest BCUT2D eigenvalue weighted by Gasteiger charge is 2.33. The Morgan fingerprint density at radius 2 is 1.85 bits per heavy atom. The summed E-state index contributed by atoms with van der Waals surface area (Å²) in [6.07, 6.45) is -3.21. The first-order valence-electron chi connectivity index (χ1n) is 3.96. The molecule has 0 aromatic rings. The molecule has 0 unspecified atom stereocenters. The lowest BCUT2D eigenvalue weighted by molar-refractivity contribution is -0.00938. The molecule has 0 spiro atoms. The van der Waals surface area contributed by atoms with Crippen molar-refractivity contribution in [3.05, 3.63) is 10.4 Å². The van der Waals surface area contributed by atoms with E-state index < -0.39 is 24.4 Å². The molecular formula is C6H12N4O3. The Kier molecular flexibility index (Phi) is 3.47. The number of aliphatic hydroxyl groups is 3. The van der Waals surface area contributed by atoms with Crippen LogP contribution >= 0.6 is 0 Å². The van der Waals surface area contributed by atoms with Crippen LogP contribution in [0.5, 0.6) is 0 Å². The highest BCUT2D eigenvalue weighted by molar-refractivity contribution is 4.92. The van der Waals surface area contributed by atoms with Crippen LogP contribution in [0, 0.1) is 0 Å². The van der Waals surface area contributed by atoms with Crippen LogP contribution in [0.25, 0.3) is 10.4 Å². The molecule has 0 aromatic carbocycles. The minimum absolute atomic E-state index is 0.176. The molecule has 13 heavy (non-hydrogen) atoms. The summed E-state index contributed by atoms with van der Waals surface area (Å²) < 4.78 is 0. The Bertz CT molecular complexity index is 218. The number of rotatable bonds is 1. The van der Waals surface area contributed by atoms with Crippen molar-refractivity contribution in [3.8, 4) is 0 Å². The zero-order valence-corrected chi connectivity index (χ0v) is 6.91. The molecule has 1 aliphatic heterocycles. The van der Waals surface area contributed by atoms with Crippen molar-refractivity contribution < 1.29 is 15.3 Å². The predicted molar refractivity (Wildman–Crippen MR) is 43.8 cm³/mol. The Morgan fingerprint density at radius 1 is 1.23 bits per heavy atom. The van der Waals surface area contributed by atoms with E-state index in [-0.39, 0.29) is 13.1 Å². The summed E-state index contributed by atoms with van der Waals surface area (Å²) in [5.74, 6) is 0. The van der Waals surface area contributed by atoms with Crippen LogP contribution in [-0.2, 0) is 0 Å². The van der Waals surface area contributed by atoms with Crippen molar-refractivity contribution in [2.45, 2.75) is 24.4 Å². The average molecular weight is 188 g/mol. The molecule has 1 saturated heterocycles. The maximum Gasteiger partial charge on any atom is 0.0930 e. The molecule has 0 aliphatic carbocycles. The van der Waals surface area contributed by atoms with Crippen molar-refractivity contribution in [2.24, 2.45) is 5.11 Å². The third-order valence-corrected chi connectivity index (χ3v) is 2.03. The monoisotopic (exact) mass is 188 g/mol. The Morgan fingerprint density at radius 3 is 2.46 bits per heavy atom. The van der Waals surface area contributed by atoms with Crippen LogP contribution in [0.2, 0.25) is 0 Å². The summed E-state index contributed by atoms with van der Waals surface area (Å²) in [5.41, 5.74) is 8.17. The largest absolute Gasteiger partial charge is 0.391 e. The molecule has 1 heterocycles. The van der Waals surface area contributed by atoms with Gasteiger partial charge in [0.1, 0.15) is 0 Å². The molecule has 0 saturated carbocycles. The van der Waals surface area contributed by atoms with Crippen LogP contribution in [-0.4, -0.2) is 52.8 Å². The minimum Gasteiger partial charge on any atom is -0.391 e. The normalized spacial score (nSPS) is 40.5. The fourth-order valence-corrected chi connectivity index (χ4v) is 1.28. The molecule has 4 N–H and O–H groups in total. The summed E-state index contributed by atoms with van der Waals surface area (Å²) in [5, 5.41) is 34.0. The molecule has 0 radical (unpaired) electrons. The first-order chi connectivity index (χ1) is 6.16. The van der Waals surface area contributed by atoms with E-state index in [1.807, 2.05) is 0 Å². The number of azide groups is 1. The summed E-state index contributed by atoms with van der Waals surface area (Å²) in [6, 6.07) is -0.991. The first kappa shape index (κ1) is 10.2. The molecule has 4 atom stereocenters. The fourth-order valence-electron chi connectivity index (χ4n) is 1.28. The minimum atomic E-state index is -1.22. The number of nitrogens with one attached hydrogen (secondary N) is 1. The van der Waals surface area contributed by atoms with Gasteiger partial charge in [0.2, 0.25) is 0 Å². The number of aliphatic hydroxyl groups excluding tert-OH is 3. The van der Waals surface area contributed by atoms with Gasteiger partial charge in [-0.05, 0) is 5.53 Å². The van der Waals surface area contributed by atoms with Gasteiger partial charge in [0, 0.05) is 18.0 Å².